The smallest absolute Gasteiger partial charge is 0.120 e. The van der Waals surface area contributed by atoms with Crippen molar-refractivity contribution < 1.29 is 5.11 Å². The summed E-state index contributed by atoms with van der Waals surface area (Å²) in [6.07, 6.45) is 0. The Morgan fingerprint density at radius 1 is 1.45 bits per heavy atom. The molecule has 1 aromatic carbocycles. The lowest BCUT2D eigenvalue weighted by Gasteiger charge is -2.10. The number of phenols is 1. The Morgan fingerprint density at radius 3 is 2.45 bits per heavy atom. The second kappa shape index (κ2) is 2.93. The molecular weight excluding hydrogens is 138 g/mol. The number of aromatic hydroxyl groups is 1. The van der Waals surface area contributed by atoms with E-state index in [9.17, 15) is 5.11 Å². The van der Waals surface area contributed by atoms with Crippen LogP contribution in [0, 0.1) is 6.92 Å². The summed E-state index contributed by atoms with van der Waals surface area (Å²) in [6, 6.07) is 5.32. The van der Waals surface area contributed by atoms with Crippen LogP contribution in [0.5, 0.6) is 5.75 Å². The molecule has 0 spiro atoms. The Hall–Kier alpha value is -1.02. The molecule has 60 valence electrons. The molecule has 1 atom stereocenters. The van der Waals surface area contributed by atoms with Gasteiger partial charge in [-0.3, -0.25) is 0 Å². The molecule has 0 saturated heterocycles. The predicted molar refractivity (Wildman–Crippen MR) is 45.4 cm³/mol. The van der Waals surface area contributed by atoms with Crippen LogP contribution < -0.4 is 5.73 Å². The zero-order valence-corrected chi connectivity index (χ0v) is 6.83. The maximum atomic E-state index is 9.38. The predicted octanol–water partition coefficient (Wildman–Crippen LogP) is 1.72. The molecule has 0 saturated carbocycles. The van der Waals surface area contributed by atoms with Crippen molar-refractivity contribution in [3.8, 4) is 5.75 Å². The first-order valence-corrected chi connectivity index (χ1v) is 3.67. The van der Waals surface area contributed by atoms with E-state index in [0.717, 1.165) is 11.1 Å². The quantitative estimate of drug-likeness (QED) is 0.642. The van der Waals surface area contributed by atoms with Crippen molar-refractivity contribution in [2.45, 2.75) is 19.9 Å². The monoisotopic (exact) mass is 151 g/mol. The van der Waals surface area contributed by atoms with Crippen LogP contribution in [-0.4, -0.2) is 5.11 Å². The van der Waals surface area contributed by atoms with Gasteiger partial charge in [0.1, 0.15) is 5.75 Å². The maximum Gasteiger partial charge on any atom is 0.120 e. The maximum absolute atomic E-state index is 9.38. The number of rotatable bonds is 1. The zero-order valence-electron chi connectivity index (χ0n) is 6.83. The van der Waals surface area contributed by atoms with Crippen molar-refractivity contribution in [1.29, 1.82) is 0 Å². The lowest BCUT2D eigenvalue weighted by atomic mass is 10.0. The van der Waals surface area contributed by atoms with Crippen LogP contribution >= 0.6 is 0 Å². The molecule has 0 bridgehead atoms. The number of hydrogen-bond donors (Lipinski definition) is 2. The van der Waals surface area contributed by atoms with E-state index in [-0.39, 0.29) is 6.04 Å². The molecule has 3 N–H and O–H groups in total. The standard InChI is InChI=1S/C9H13NO/c1-6-4-3-5-8(11)9(6)7(2)10/h3-5,7,11H,10H2,1-2H3/t7-/m1/s1. The molecule has 2 nitrogen and oxygen atoms in total. The highest BCUT2D eigenvalue weighted by Crippen LogP contribution is 2.25. The van der Waals surface area contributed by atoms with Crippen LogP contribution in [0.1, 0.15) is 24.1 Å². The molecule has 0 amide bonds. The minimum Gasteiger partial charge on any atom is -0.508 e. The third-order valence-electron chi connectivity index (χ3n) is 1.76. The Labute approximate surface area is 66.7 Å². The molecular formula is C9H13NO. The fourth-order valence-corrected chi connectivity index (χ4v) is 1.26. The van der Waals surface area contributed by atoms with Crippen LogP contribution in [0.25, 0.3) is 0 Å². The van der Waals surface area contributed by atoms with Gasteiger partial charge in [0.15, 0.2) is 0 Å². The third-order valence-corrected chi connectivity index (χ3v) is 1.76. The lowest BCUT2D eigenvalue weighted by Crippen LogP contribution is -2.06. The third kappa shape index (κ3) is 1.52. The largest absolute Gasteiger partial charge is 0.508 e. The Bertz CT molecular complexity index is 235. The summed E-state index contributed by atoms with van der Waals surface area (Å²) < 4.78 is 0. The van der Waals surface area contributed by atoms with E-state index in [0.29, 0.717) is 5.75 Å². The number of hydrogen-bond acceptors (Lipinski definition) is 2. The average molecular weight is 151 g/mol. The van der Waals surface area contributed by atoms with Crippen LogP contribution in [0.4, 0.5) is 0 Å². The minimum absolute atomic E-state index is 0.101. The van der Waals surface area contributed by atoms with Crippen molar-refractivity contribution in [2.24, 2.45) is 5.73 Å². The number of nitrogens with two attached hydrogens (primary N) is 1. The molecule has 0 unspecified atom stereocenters. The van der Waals surface area contributed by atoms with Crippen molar-refractivity contribution in [2.75, 3.05) is 0 Å². The van der Waals surface area contributed by atoms with Gasteiger partial charge in [0.2, 0.25) is 0 Å². The van der Waals surface area contributed by atoms with E-state index in [1.165, 1.54) is 0 Å². The van der Waals surface area contributed by atoms with Gasteiger partial charge in [-0.05, 0) is 25.5 Å². The van der Waals surface area contributed by atoms with E-state index in [1.54, 1.807) is 6.07 Å². The average Bonchev–Trinajstić information content (AvgIpc) is 1.85. The number of aryl methyl sites for hydroxylation is 1. The van der Waals surface area contributed by atoms with E-state index in [4.69, 9.17) is 5.73 Å². The second-order valence-corrected chi connectivity index (χ2v) is 2.80. The van der Waals surface area contributed by atoms with Crippen molar-refractivity contribution >= 4 is 0 Å². The number of benzene rings is 1. The fraction of sp³-hybridized carbons (Fsp3) is 0.333. The summed E-state index contributed by atoms with van der Waals surface area (Å²) >= 11 is 0. The molecule has 0 aliphatic rings. The van der Waals surface area contributed by atoms with E-state index < -0.39 is 0 Å². The number of phenolic OH excluding ortho intramolecular Hbond substituents is 1. The van der Waals surface area contributed by atoms with Gasteiger partial charge in [-0.2, -0.15) is 0 Å². The van der Waals surface area contributed by atoms with Crippen molar-refractivity contribution in [3.63, 3.8) is 0 Å². The van der Waals surface area contributed by atoms with Gasteiger partial charge in [0.25, 0.3) is 0 Å². The Kier molecular flexibility index (Phi) is 2.15. The normalized spacial score (nSPS) is 13.0. The van der Waals surface area contributed by atoms with E-state index in [2.05, 4.69) is 0 Å². The molecule has 1 rings (SSSR count). The summed E-state index contributed by atoms with van der Waals surface area (Å²) in [4.78, 5) is 0. The van der Waals surface area contributed by atoms with E-state index in [1.807, 2.05) is 26.0 Å². The van der Waals surface area contributed by atoms with Crippen LogP contribution in [0.3, 0.4) is 0 Å². The minimum atomic E-state index is -0.101. The van der Waals surface area contributed by atoms with Crippen molar-refractivity contribution in [1.82, 2.24) is 0 Å². The molecule has 0 aromatic heterocycles. The van der Waals surface area contributed by atoms with Crippen LogP contribution in [0.2, 0.25) is 0 Å². The van der Waals surface area contributed by atoms with Crippen LogP contribution in [0.15, 0.2) is 18.2 Å². The molecule has 0 radical (unpaired) electrons. The molecule has 0 aliphatic carbocycles. The molecule has 1 aromatic rings. The van der Waals surface area contributed by atoms with Crippen molar-refractivity contribution in [3.05, 3.63) is 29.3 Å². The summed E-state index contributed by atoms with van der Waals surface area (Å²) in [5.41, 5.74) is 7.54. The zero-order chi connectivity index (χ0) is 8.43. The van der Waals surface area contributed by atoms with Gasteiger partial charge in [-0.1, -0.05) is 12.1 Å². The summed E-state index contributed by atoms with van der Waals surface area (Å²) in [6.45, 7) is 3.81. The van der Waals surface area contributed by atoms with Gasteiger partial charge in [0, 0.05) is 11.6 Å². The van der Waals surface area contributed by atoms with Gasteiger partial charge in [0.05, 0.1) is 0 Å². The van der Waals surface area contributed by atoms with E-state index >= 15 is 0 Å². The van der Waals surface area contributed by atoms with Gasteiger partial charge in [-0.25, -0.2) is 0 Å². The first kappa shape index (κ1) is 8.08. The summed E-state index contributed by atoms with van der Waals surface area (Å²) in [5, 5.41) is 9.38. The van der Waals surface area contributed by atoms with Gasteiger partial charge < -0.3 is 10.8 Å². The molecule has 2 heteroatoms. The van der Waals surface area contributed by atoms with Gasteiger partial charge >= 0.3 is 0 Å². The Morgan fingerprint density at radius 2 is 2.09 bits per heavy atom. The summed E-state index contributed by atoms with van der Waals surface area (Å²) in [7, 11) is 0. The first-order chi connectivity index (χ1) is 5.13. The lowest BCUT2D eigenvalue weighted by molar-refractivity contribution is 0.463. The van der Waals surface area contributed by atoms with Gasteiger partial charge in [-0.15, -0.1) is 0 Å². The SMILES string of the molecule is Cc1cccc(O)c1[C@@H](C)N. The van der Waals surface area contributed by atoms with Crippen LogP contribution in [-0.2, 0) is 0 Å². The highest BCUT2D eigenvalue weighted by molar-refractivity contribution is 5.40. The fourth-order valence-electron chi connectivity index (χ4n) is 1.26. The second-order valence-electron chi connectivity index (χ2n) is 2.80. The topological polar surface area (TPSA) is 46.2 Å². The Balaban J connectivity index is 3.21. The highest BCUT2D eigenvalue weighted by atomic mass is 16.3. The molecule has 0 fully saturated rings. The summed E-state index contributed by atoms with van der Waals surface area (Å²) in [5.74, 6) is 0.292. The molecule has 11 heavy (non-hydrogen) atoms. The molecule has 0 heterocycles. The molecule has 0 aliphatic heterocycles. The first-order valence-electron chi connectivity index (χ1n) is 3.67. The highest BCUT2D eigenvalue weighted by Gasteiger charge is 2.07.